The summed E-state index contributed by atoms with van der Waals surface area (Å²) in [4.78, 5) is 21.1. The minimum atomic E-state index is -3.39. The molecule has 1 aliphatic rings. The number of hydrogen-bond acceptors (Lipinski definition) is 5. The number of aromatic nitrogens is 3. The summed E-state index contributed by atoms with van der Waals surface area (Å²) in [6.07, 6.45) is 8.55. The normalized spacial score (nSPS) is 18.6. The van der Waals surface area contributed by atoms with Crippen molar-refractivity contribution in [1.82, 2.24) is 24.2 Å². The third-order valence-electron chi connectivity index (χ3n) is 4.53. The molecule has 8 nitrogen and oxygen atoms in total. The van der Waals surface area contributed by atoms with Crippen molar-refractivity contribution in [1.29, 1.82) is 0 Å². The number of hydrogen-bond donors (Lipinski definition) is 1. The van der Waals surface area contributed by atoms with Gasteiger partial charge in [0.15, 0.2) is 0 Å². The number of aryl methyl sites for hydroxylation is 1. The number of amides is 1. The molecule has 0 saturated carbocycles. The zero-order chi connectivity index (χ0) is 18.7. The smallest absolute Gasteiger partial charge is 0.238 e. The second-order valence-electron chi connectivity index (χ2n) is 6.47. The molecule has 140 valence electrons. The monoisotopic (exact) mass is 377 g/mol. The third kappa shape index (κ3) is 4.10. The molecule has 2 aromatic rings. The van der Waals surface area contributed by atoms with Crippen molar-refractivity contribution in [2.45, 2.75) is 38.8 Å². The molecule has 0 unspecified atom stereocenters. The molecule has 3 rings (SSSR count). The van der Waals surface area contributed by atoms with E-state index in [4.69, 9.17) is 0 Å². The lowest BCUT2D eigenvalue weighted by Gasteiger charge is -2.32. The van der Waals surface area contributed by atoms with E-state index in [2.05, 4.69) is 15.3 Å². The van der Waals surface area contributed by atoms with E-state index in [1.54, 1.807) is 12.4 Å². The molecule has 1 saturated heterocycles. The summed E-state index contributed by atoms with van der Waals surface area (Å²) in [7, 11) is -3.39. The zero-order valence-corrected chi connectivity index (χ0v) is 15.7. The highest BCUT2D eigenvalue weighted by molar-refractivity contribution is 7.88. The van der Waals surface area contributed by atoms with E-state index >= 15 is 0 Å². The van der Waals surface area contributed by atoms with Gasteiger partial charge in [0.25, 0.3) is 0 Å². The van der Waals surface area contributed by atoms with Crippen LogP contribution in [0.4, 0.5) is 0 Å². The second-order valence-corrected chi connectivity index (χ2v) is 8.40. The second kappa shape index (κ2) is 7.55. The molecule has 1 amide bonds. The Morgan fingerprint density at radius 2 is 2.12 bits per heavy atom. The topological polar surface area (TPSA) is 97.2 Å². The summed E-state index contributed by atoms with van der Waals surface area (Å²) in [5.74, 6) is 1.29. The minimum Gasteiger partial charge on any atom is -0.351 e. The predicted octanol–water partition coefficient (Wildman–Crippen LogP) is 1.01. The lowest BCUT2D eigenvalue weighted by Crippen LogP contribution is -2.51. The highest BCUT2D eigenvalue weighted by atomic mass is 32.2. The number of nitrogens with zero attached hydrogens (tertiary/aromatic N) is 4. The van der Waals surface area contributed by atoms with Crippen molar-refractivity contribution in [3.05, 3.63) is 42.1 Å². The van der Waals surface area contributed by atoms with Crippen LogP contribution in [0.5, 0.6) is 0 Å². The van der Waals surface area contributed by atoms with Crippen LogP contribution in [-0.2, 0) is 21.4 Å². The van der Waals surface area contributed by atoms with E-state index in [1.165, 1.54) is 4.31 Å². The molecule has 2 aromatic heterocycles. The number of carbonyl (C=O) groups is 1. The first-order valence-corrected chi connectivity index (χ1v) is 10.4. The van der Waals surface area contributed by atoms with Gasteiger partial charge in [-0.2, -0.15) is 4.31 Å². The van der Waals surface area contributed by atoms with Gasteiger partial charge in [-0.15, -0.1) is 0 Å². The summed E-state index contributed by atoms with van der Waals surface area (Å²) in [6.45, 7) is 2.60. The Labute approximate surface area is 153 Å². The van der Waals surface area contributed by atoms with Gasteiger partial charge in [-0.05, 0) is 37.5 Å². The van der Waals surface area contributed by atoms with Crippen molar-refractivity contribution in [2.75, 3.05) is 12.8 Å². The van der Waals surface area contributed by atoms with Gasteiger partial charge in [-0.25, -0.2) is 18.4 Å². The fourth-order valence-corrected chi connectivity index (χ4v) is 4.32. The molecule has 3 heterocycles. The Morgan fingerprint density at radius 1 is 1.31 bits per heavy atom. The van der Waals surface area contributed by atoms with Crippen LogP contribution in [0, 0.1) is 6.92 Å². The van der Waals surface area contributed by atoms with Crippen molar-refractivity contribution in [3.63, 3.8) is 0 Å². The number of imidazole rings is 1. The first kappa shape index (κ1) is 18.5. The summed E-state index contributed by atoms with van der Waals surface area (Å²) in [5, 5.41) is 2.86. The first-order valence-electron chi connectivity index (χ1n) is 8.56. The maximum atomic E-state index is 12.5. The Morgan fingerprint density at radius 3 is 2.81 bits per heavy atom. The van der Waals surface area contributed by atoms with Gasteiger partial charge in [0, 0.05) is 31.7 Å². The fraction of sp³-hybridized carbons (Fsp3) is 0.471. The molecule has 0 aliphatic carbocycles. The molecule has 1 atom stereocenters. The molecule has 1 N–H and O–H groups in total. The Bertz CT molecular complexity index is 893. The lowest BCUT2D eigenvalue weighted by atomic mass is 10.0. The Kier molecular flexibility index (Phi) is 5.38. The molecular formula is C17H23N5O3S. The molecule has 0 bridgehead atoms. The molecule has 1 aliphatic heterocycles. The quantitative estimate of drug-likeness (QED) is 0.839. The maximum absolute atomic E-state index is 12.5. The summed E-state index contributed by atoms with van der Waals surface area (Å²) >= 11 is 0. The van der Waals surface area contributed by atoms with E-state index in [0.717, 1.165) is 36.3 Å². The van der Waals surface area contributed by atoms with E-state index in [-0.39, 0.29) is 5.91 Å². The number of pyridine rings is 1. The number of nitrogens with one attached hydrogen (secondary N) is 1. The van der Waals surface area contributed by atoms with E-state index < -0.39 is 16.1 Å². The highest BCUT2D eigenvalue weighted by Gasteiger charge is 2.34. The van der Waals surface area contributed by atoms with Gasteiger partial charge in [-0.1, -0.05) is 6.42 Å². The molecule has 1 fully saturated rings. The number of carbonyl (C=O) groups excluding carboxylic acids is 1. The van der Waals surface area contributed by atoms with Gasteiger partial charge in [0.1, 0.15) is 17.7 Å². The summed E-state index contributed by atoms with van der Waals surface area (Å²) in [6, 6.07) is 3.08. The Balaban J connectivity index is 1.69. The molecule has 9 heteroatoms. The number of rotatable bonds is 5. The Hall–Kier alpha value is -2.26. The average Bonchev–Trinajstić information content (AvgIpc) is 3.05. The fourth-order valence-electron chi connectivity index (χ4n) is 3.19. The lowest BCUT2D eigenvalue weighted by molar-refractivity contribution is -0.125. The highest BCUT2D eigenvalue weighted by Crippen LogP contribution is 2.20. The molecule has 0 spiro atoms. The van der Waals surface area contributed by atoms with Gasteiger partial charge >= 0.3 is 0 Å². The van der Waals surface area contributed by atoms with Crippen LogP contribution in [0.25, 0.3) is 5.82 Å². The summed E-state index contributed by atoms with van der Waals surface area (Å²) < 4.78 is 27.0. The predicted molar refractivity (Wildman–Crippen MR) is 97.1 cm³/mol. The first-order chi connectivity index (χ1) is 12.4. The van der Waals surface area contributed by atoms with Crippen LogP contribution in [0.1, 0.15) is 30.7 Å². The van der Waals surface area contributed by atoms with E-state index in [9.17, 15) is 13.2 Å². The van der Waals surface area contributed by atoms with Gasteiger partial charge in [-0.3, -0.25) is 9.36 Å². The molecule has 0 aromatic carbocycles. The number of piperidine rings is 1. The molecule has 26 heavy (non-hydrogen) atoms. The van der Waals surface area contributed by atoms with E-state index in [0.29, 0.717) is 19.5 Å². The van der Waals surface area contributed by atoms with Crippen LogP contribution in [0.2, 0.25) is 0 Å². The van der Waals surface area contributed by atoms with Crippen LogP contribution in [0.3, 0.4) is 0 Å². The van der Waals surface area contributed by atoms with Crippen molar-refractivity contribution in [3.8, 4) is 5.82 Å². The van der Waals surface area contributed by atoms with Crippen LogP contribution in [-0.4, -0.2) is 52.0 Å². The minimum absolute atomic E-state index is 0.257. The van der Waals surface area contributed by atoms with Crippen LogP contribution < -0.4 is 5.32 Å². The largest absolute Gasteiger partial charge is 0.351 e. The van der Waals surface area contributed by atoms with Crippen molar-refractivity contribution < 1.29 is 13.2 Å². The van der Waals surface area contributed by atoms with Gasteiger partial charge in [0.2, 0.25) is 15.9 Å². The van der Waals surface area contributed by atoms with E-state index in [1.807, 2.05) is 29.8 Å². The molecular weight excluding hydrogens is 354 g/mol. The summed E-state index contributed by atoms with van der Waals surface area (Å²) in [5.41, 5.74) is 0.887. The zero-order valence-electron chi connectivity index (χ0n) is 14.9. The van der Waals surface area contributed by atoms with Gasteiger partial charge < -0.3 is 5.32 Å². The standard InChI is InChI=1S/C17H23N5O3S/c1-13-18-8-10-21(13)16-11-14(6-7-19-16)12-20-17(23)15-5-3-4-9-22(15)26(2,24)25/h6-8,10-11,15H,3-5,9,12H2,1-2H3,(H,20,23)/t15-/m0/s1. The molecule has 0 radical (unpaired) electrons. The van der Waals surface area contributed by atoms with Crippen LogP contribution in [0.15, 0.2) is 30.7 Å². The maximum Gasteiger partial charge on any atom is 0.238 e. The third-order valence-corrected chi connectivity index (χ3v) is 5.82. The average molecular weight is 377 g/mol. The van der Waals surface area contributed by atoms with Crippen molar-refractivity contribution >= 4 is 15.9 Å². The van der Waals surface area contributed by atoms with Crippen molar-refractivity contribution in [2.24, 2.45) is 0 Å². The van der Waals surface area contributed by atoms with Crippen LogP contribution >= 0.6 is 0 Å². The SMILES string of the molecule is Cc1nccn1-c1cc(CNC(=O)[C@@H]2CCCCN2S(C)(=O)=O)ccn1. The van der Waals surface area contributed by atoms with Gasteiger partial charge in [0.05, 0.1) is 6.26 Å². The number of sulfonamides is 1.